The molecule has 0 aromatic heterocycles. The summed E-state index contributed by atoms with van der Waals surface area (Å²) in [7, 11) is -2.31. The van der Waals surface area contributed by atoms with Gasteiger partial charge in [0.1, 0.15) is 0 Å². The van der Waals surface area contributed by atoms with E-state index in [0.717, 1.165) is 5.56 Å². The van der Waals surface area contributed by atoms with Crippen LogP contribution in [0.3, 0.4) is 0 Å². The summed E-state index contributed by atoms with van der Waals surface area (Å²) in [5.74, 6) is 0.175. The van der Waals surface area contributed by atoms with Gasteiger partial charge in [0, 0.05) is 5.56 Å². The summed E-state index contributed by atoms with van der Waals surface area (Å²) in [4.78, 5) is 2.21. The van der Waals surface area contributed by atoms with Crippen LogP contribution in [0.25, 0.3) is 0 Å². The Morgan fingerprint density at radius 2 is 1.86 bits per heavy atom. The molecule has 0 fully saturated rings. The van der Waals surface area contributed by atoms with Crippen molar-refractivity contribution in [2.24, 2.45) is 5.10 Å². The van der Waals surface area contributed by atoms with Crippen LogP contribution in [0.2, 0.25) is 0 Å². The number of hydrogen-bond donors (Lipinski definition) is 2. The van der Waals surface area contributed by atoms with E-state index in [2.05, 4.69) is 9.93 Å². The van der Waals surface area contributed by atoms with Gasteiger partial charge in [-0.1, -0.05) is 23.8 Å². The Kier molecular flexibility index (Phi) is 4.67. The van der Waals surface area contributed by atoms with Gasteiger partial charge in [0.2, 0.25) is 0 Å². The summed E-state index contributed by atoms with van der Waals surface area (Å²) < 4.78 is 29.0. The molecule has 0 amide bonds. The predicted molar refractivity (Wildman–Crippen MR) is 83.8 cm³/mol. The number of aromatic hydroxyl groups is 1. The van der Waals surface area contributed by atoms with Crippen molar-refractivity contribution in [2.75, 3.05) is 7.11 Å². The van der Waals surface area contributed by atoms with Crippen LogP contribution in [0.5, 0.6) is 11.5 Å². The van der Waals surface area contributed by atoms with Crippen LogP contribution in [-0.2, 0) is 10.0 Å². The van der Waals surface area contributed by atoms with Crippen molar-refractivity contribution in [2.45, 2.75) is 11.8 Å². The molecule has 22 heavy (non-hydrogen) atoms. The smallest absolute Gasteiger partial charge is 0.276 e. The molecule has 0 atom stereocenters. The molecule has 0 bridgehead atoms. The van der Waals surface area contributed by atoms with Gasteiger partial charge in [-0.2, -0.15) is 13.5 Å². The number of phenols is 1. The minimum Gasteiger partial charge on any atom is -0.504 e. The van der Waals surface area contributed by atoms with E-state index in [4.69, 9.17) is 4.74 Å². The summed E-state index contributed by atoms with van der Waals surface area (Å²) in [6, 6.07) is 11.2. The van der Waals surface area contributed by atoms with Crippen LogP contribution >= 0.6 is 0 Å². The summed E-state index contributed by atoms with van der Waals surface area (Å²) in [6.45, 7) is 1.87. The Labute approximate surface area is 129 Å². The van der Waals surface area contributed by atoms with Gasteiger partial charge in [-0.3, -0.25) is 0 Å². The molecule has 7 heteroatoms. The van der Waals surface area contributed by atoms with Gasteiger partial charge in [-0.05, 0) is 31.2 Å². The van der Waals surface area contributed by atoms with E-state index in [0.29, 0.717) is 5.56 Å². The SMILES string of the molecule is COc1cccc(/C=N\NS(=O)(=O)c2ccc(C)cc2)c1O. The number of benzene rings is 2. The number of nitrogens with one attached hydrogen (secondary N) is 1. The molecular formula is C15H16N2O4S. The molecule has 0 heterocycles. The first kappa shape index (κ1) is 15.8. The van der Waals surface area contributed by atoms with Crippen molar-refractivity contribution < 1.29 is 18.3 Å². The molecule has 2 N–H and O–H groups in total. The number of aryl methyl sites for hydroxylation is 1. The van der Waals surface area contributed by atoms with Gasteiger partial charge in [0.25, 0.3) is 10.0 Å². The number of sulfonamides is 1. The zero-order chi connectivity index (χ0) is 16.2. The average molecular weight is 320 g/mol. The monoisotopic (exact) mass is 320 g/mol. The van der Waals surface area contributed by atoms with Gasteiger partial charge in [-0.25, -0.2) is 4.83 Å². The Balaban J connectivity index is 2.17. The second-order valence-electron chi connectivity index (χ2n) is 4.56. The fourth-order valence-corrected chi connectivity index (χ4v) is 2.53. The number of ether oxygens (including phenoxy) is 1. The summed E-state index contributed by atoms with van der Waals surface area (Å²) >= 11 is 0. The number of para-hydroxylation sites is 1. The van der Waals surface area contributed by atoms with Crippen LogP contribution in [-0.4, -0.2) is 26.8 Å². The molecule has 0 unspecified atom stereocenters. The largest absolute Gasteiger partial charge is 0.504 e. The minimum atomic E-state index is -3.74. The van der Waals surface area contributed by atoms with Crippen LogP contribution in [0.15, 0.2) is 52.5 Å². The molecule has 0 radical (unpaired) electrons. The van der Waals surface area contributed by atoms with Gasteiger partial charge in [0.15, 0.2) is 11.5 Å². The predicted octanol–water partition coefficient (Wildman–Crippen LogP) is 2.02. The summed E-state index contributed by atoms with van der Waals surface area (Å²) in [5.41, 5.74) is 1.30. The number of hydrogen-bond acceptors (Lipinski definition) is 5. The Morgan fingerprint density at radius 3 is 2.50 bits per heavy atom. The van der Waals surface area contributed by atoms with Crippen molar-refractivity contribution >= 4 is 16.2 Å². The maximum atomic E-state index is 12.0. The zero-order valence-corrected chi connectivity index (χ0v) is 13.0. The van der Waals surface area contributed by atoms with Crippen LogP contribution in [0.4, 0.5) is 0 Å². The number of hydrazone groups is 1. The normalized spacial score (nSPS) is 11.5. The lowest BCUT2D eigenvalue weighted by Crippen LogP contribution is -2.18. The number of methoxy groups -OCH3 is 1. The maximum Gasteiger partial charge on any atom is 0.276 e. The highest BCUT2D eigenvalue weighted by atomic mass is 32.2. The summed E-state index contributed by atoms with van der Waals surface area (Å²) in [6.07, 6.45) is 1.21. The molecule has 2 rings (SSSR count). The van der Waals surface area contributed by atoms with E-state index in [-0.39, 0.29) is 16.4 Å². The number of nitrogens with zero attached hydrogens (tertiary/aromatic N) is 1. The van der Waals surface area contributed by atoms with Crippen LogP contribution < -0.4 is 9.57 Å². The maximum absolute atomic E-state index is 12.0. The minimum absolute atomic E-state index is 0.108. The van der Waals surface area contributed by atoms with Crippen molar-refractivity contribution in [1.29, 1.82) is 0 Å². The molecule has 0 aliphatic carbocycles. The second-order valence-corrected chi connectivity index (χ2v) is 6.22. The Morgan fingerprint density at radius 1 is 1.18 bits per heavy atom. The first-order valence-electron chi connectivity index (χ1n) is 6.41. The molecule has 2 aromatic carbocycles. The number of phenolic OH excluding ortho intramolecular Hbond substituents is 1. The van der Waals surface area contributed by atoms with E-state index >= 15 is 0 Å². The molecular weight excluding hydrogens is 304 g/mol. The van der Waals surface area contributed by atoms with Crippen LogP contribution in [0.1, 0.15) is 11.1 Å². The molecule has 0 saturated heterocycles. The standard InChI is InChI=1S/C15H16N2O4S/c1-11-6-8-13(9-7-11)22(19,20)17-16-10-12-4-3-5-14(21-2)15(12)18/h3-10,17-18H,1-2H3/b16-10-. The third-order valence-corrected chi connectivity index (χ3v) is 4.20. The van der Waals surface area contributed by atoms with Crippen molar-refractivity contribution in [1.82, 2.24) is 4.83 Å². The molecule has 116 valence electrons. The van der Waals surface area contributed by atoms with Gasteiger partial charge < -0.3 is 9.84 Å². The van der Waals surface area contributed by atoms with E-state index in [1.165, 1.54) is 25.5 Å². The first-order chi connectivity index (χ1) is 10.4. The lowest BCUT2D eigenvalue weighted by molar-refractivity contribution is 0.373. The number of rotatable bonds is 5. The van der Waals surface area contributed by atoms with Crippen molar-refractivity contribution in [3.05, 3.63) is 53.6 Å². The van der Waals surface area contributed by atoms with E-state index in [9.17, 15) is 13.5 Å². The first-order valence-corrected chi connectivity index (χ1v) is 7.90. The summed E-state index contributed by atoms with van der Waals surface area (Å²) in [5, 5.41) is 13.5. The van der Waals surface area contributed by atoms with E-state index in [1.54, 1.807) is 30.3 Å². The Bertz CT molecular complexity index is 784. The van der Waals surface area contributed by atoms with Crippen molar-refractivity contribution in [3.63, 3.8) is 0 Å². The molecule has 0 spiro atoms. The van der Waals surface area contributed by atoms with E-state index in [1.807, 2.05) is 6.92 Å². The van der Waals surface area contributed by atoms with Gasteiger partial charge in [-0.15, -0.1) is 0 Å². The quantitative estimate of drug-likeness (QED) is 0.652. The molecule has 6 nitrogen and oxygen atoms in total. The highest BCUT2D eigenvalue weighted by Gasteiger charge is 2.12. The van der Waals surface area contributed by atoms with Gasteiger partial charge in [0.05, 0.1) is 18.2 Å². The lowest BCUT2D eigenvalue weighted by atomic mass is 10.2. The highest BCUT2D eigenvalue weighted by Crippen LogP contribution is 2.27. The topological polar surface area (TPSA) is 88.0 Å². The average Bonchev–Trinajstić information content (AvgIpc) is 2.49. The van der Waals surface area contributed by atoms with Crippen LogP contribution in [0, 0.1) is 6.92 Å². The molecule has 0 saturated carbocycles. The highest BCUT2D eigenvalue weighted by molar-refractivity contribution is 7.89. The fourth-order valence-electron chi connectivity index (χ4n) is 1.74. The fraction of sp³-hybridized carbons (Fsp3) is 0.133. The van der Waals surface area contributed by atoms with Crippen molar-refractivity contribution in [3.8, 4) is 11.5 Å². The molecule has 0 aliphatic heterocycles. The second kappa shape index (κ2) is 6.48. The Hall–Kier alpha value is -2.54. The van der Waals surface area contributed by atoms with E-state index < -0.39 is 10.0 Å². The third-order valence-electron chi connectivity index (χ3n) is 2.96. The zero-order valence-electron chi connectivity index (χ0n) is 12.1. The lowest BCUT2D eigenvalue weighted by Gasteiger charge is -2.06. The molecule has 0 aliphatic rings. The molecule has 2 aromatic rings. The van der Waals surface area contributed by atoms with Gasteiger partial charge >= 0.3 is 0 Å². The third kappa shape index (κ3) is 3.56.